The molecule has 1 atom stereocenters. The van der Waals surface area contributed by atoms with Gasteiger partial charge in [-0.15, -0.1) is 29.8 Å². The highest BCUT2D eigenvalue weighted by atomic mass is 35.5. The smallest absolute Gasteiger partial charge is 0.258 e. The molecule has 1 fully saturated rings. The minimum Gasteiger partial charge on any atom is -0.317 e. The zero-order valence-electron chi connectivity index (χ0n) is 16.0. The molecule has 1 saturated heterocycles. The molecule has 6 heteroatoms. The second-order valence-electron chi connectivity index (χ2n) is 7.71. The van der Waals surface area contributed by atoms with Crippen LogP contribution < -0.4 is 10.2 Å². The number of alkyl halides is 2. The Hall–Kier alpha value is -1.88. The molecular formula is C23H23Cl2FN2O. The van der Waals surface area contributed by atoms with Gasteiger partial charge in [0.05, 0.1) is 6.04 Å². The number of nitrogens with one attached hydrogen (secondary N) is 1. The highest BCUT2D eigenvalue weighted by molar-refractivity contribution is 6.44. The summed E-state index contributed by atoms with van der Waals surface area (Å²) in [4.78, 5) is 14.8. The number of hydrogen-bond donors (Lipinski definition) is 1. The normalized spacial score (nSPS) is 20.1. The lowest BCUT2D eigenvalue weighted by Crippen LogP contribution is -2.51. The minimum atomic E-state index is -0.706. The van der Waals surface area contributed by atoms with Gasteiger partial charge in [0.2, 0.25) is 0 Å². The number of nitrogens with zero attached hydrogens (tertiary/aromatic N) is 1. The molecule has 2 aliphatic rings. The standard InChI is InChI=1S/C23H23Cl2FN2O/c1-2-4-20-23(9-11-27-12-10-23)18-14-17(26)7-8-19(18)28(20)22(29)16-6-3-5-15(13-16)21(24)25/h2-3,5-8,13-14,20-21,27H,1,4,9-12H2/t20-/m1/s1. The van der Waals surface area contributed by atoms with Crippen molar-refractivity contribution < 1.29 is 9.18 Å². The summed E-state index contributed by atoms with van der Waals surface area (Å²) in [7, 11) is 0. The highest BCUT2D eigenvalue weighted by Gasteiger charge is 2.52. The average molecular weight is 433 g/mol. The summed E-state index contributed by atoms with van der Waals surface area (Å²) in [6.45, 7) is 5.59. The largest absolute Gasteiger partial charge is 0.317 e. The predicted octanol–water partition coefficient (Wildman–Crippen LogP) is 5.53. The number of hydrogen-bond acceptors (Lipinski definition) is 2. The van der Waals surface area contributed by atoms with E-state index < -0.39 is 4.84 Å². The number of amides is 1. The van der Waals surface area contributed by atoms with Crippen molar-refractivity contribution in [3.8, 4) is 0 Å². The molecule has 0 radical (unpaired) electrons. The van der Waals surface area contributed by atoms with Crippen LogP contribution in [0.1, 0.15) is 45.6 Å². The van der Waals surface area contributed by atoms with Crippen molar-refractivity contribution in [2.24, 2.45) is 0 Å². The summed E-state index contributed by atoms with van der Waals surface area (Å²) in [5, 5.41) is 3.39. The van der Waals surface area contributed by atoms with Gasteiger partial charge in [-0.05, 0) is 73.8 Å². The van der Waals surface area contributed by atoms with Crippen molar-refractivity contribution >= 4 is 34.8 Å². The summed E-state index contributed by atoms with van der Waals surface area (Å²) < 4.78 is 14.2. The molecule has 0 bridgehead atoms. The van der Waals surface area contributed by atoms with E-state index in [1.54, 1.807) is 36.4 Å². The second kappa shape index (κ2) is 8.10. The van der Waals surface area contributed by atoms with Crippen molar-refractivity contribution in [1.29, 1.82) is 0 Å². The number of halogens is 3. The van der Waals surface area contributed by atoms with Crippen LogP contribution in [0.2, 0.25) is 0 Å². The third kappa shape index (κ3) is 3.48. The molecule has 4 rings (SSSR count). The molecule has 2 aliphatic heterocycles. The Morgan fingerprint density at radius 2 is 2.03 bits per heavy atom. The molecule has 0 unspecified atom stereocenters. The Kier molecular flexibility index (Phi) is 5.69. The number of rotatable bonds is 4. The monoisotopic (exact) mass is 432 g/mol. The third-order valence-corrected chi connectivity index (χ3v) is 6.70. The quantitative estimate of drug-likeness (QED) is 0.508. The molecular weight excluding hydrogens is 410 g/mol. The van der Waals surface area contributed by atoms with Crippen LogP contribution in [0.3, 0.4) is 0 Å². The Morgan fingerprint density at radius 3 is 2.72 bits per heavy atom. The van der Waals surface area contributed by atoms with E-state index in [0.29, 0.717) is 17.5 Å². The molecule has 1 N–H and O–H groups in total. The fourth-order valence-corrected chi connectivity index (χ4v) is 5.14. The van der Waals surface area contributed by atoms with Gasteiger partial charge in [0.15, 0.2) is 0 Å². The number of carbonyl (C=O) groups is 1. The number of fused-ring (bicyclic) bond motifs is 2. The maximum absolute atomic E-state index is 14.2. The van der Waals surface area contributed by atoms with Crippen LogP contribution in [0, 0.1) is 5.82 Å². The highest BCUT2D eigenvalue weighted by Crippen LogP contribution is 2.52. The predicted molar refractivity (Wildman–Crippen MR) is 116 cm³/mol. The van der Waals surface area contributed by atoms with E-state index in [1.165, 1.54) is 6.07 Å². The van der Waals surface area contributed by atoms with Gasteiger partial charge < -0.3 is 10.2 Å². The van der Waals surface area contributed by atoms with Crippen LogP contribution in [0.5, 0.6) is 0 Å². The second-order valence-corrected chi connectivity index (χ2v) is 8.81. The van der Waals surface area contributed by atoms with E-state index in [4.69, 9.17) is 23.2 Å². The molecule has 2 heterocycles. The maximum atomic E-state index is 14.2. The van der Waals surface area contributed by atoms with Gasteiger partial charge in [-0.3, -0.25) is 4.79 Å². The van der Waals surface area contributed by atoms with Crippen LogP contribution in [-0.4, -0.2) is 25.0 Å². The first kappa shape index (κ1) is 20.4. The van der Waals surface area contributed by atoms with Gasteiger partial charge in [0.25, 0.3) is 5.91 Å². The molecule has 29 heavy (non-hydrogen) atoms. The summed E-state index contributed by atoms with van der Waals surface area (Å²) in [6.07, 6.45) is 4.17. The Balaban J connectivity index is 1.84. The van der Waals surface area contributed by atoms with E-state index in [-0.39, 0.29) is 23.2 Å². The molecule has 0 aromatic heterocycles. The lowest BCUT2D eigenvalue weighted by atomic mass is 9.69. The molecule has 1 amide bonds. The molecule has 2 aromatic rings. The Labute approximate surface area is 180 Å². The Morgan fingerprint density at radius 1 is 1.28 bits per heavy atom. The van der Waals surface area contributed by atoms with Crippen molar-refractivity contribution in [1.82, 2.24) is 5.32 Å². The summed E-state index contributed by atoms with van der Waals surface area (Å²) in [5.41, 5.74) is 2.61. The van der Waals surface area contributed by atoms with Crippen molar-refractivity contribution in [3.63, 3.8) is 0 Å². The van der Waals surface area contributed by atoms with Crippen LogP contribution in [0.4, 0.5) is 10.1 Å². The van der Waals surface area contributed by atoms with Crippen LogP contribution >= 0.6 is 23.2 Å². The third-order valence-electron chi connectivity index (χ3n) is 6.19. The van der Waals surface area contributed by atoms with Gasteiger partial charge in [-0.1, -0.05) is 18.2 Å². The molecule has 2 aromatic carbocycles. The van der Waals surface area contributed by atoms with Crippen molar-refractivity contribution in [3.05, 3.63) is 77.6 Å². The first-order valence-electron chi connectivity index (χ1n) is 9.81. The van der Waals surface area contributed by atoms with E-state index in [1.807, 2.05) is 11.0 Å². The van der Waals surface area contributed by atoms with Crippen LogP contribution in [-0.2, 0) is 5.41 Å². The zero-order chi connectivity index (χ0) is 20.6. The first-order chi connectivity index (χ1) is 14.0. The topological polar surface area (TPSA) is 32.3 Å². The zero-order valence-corrected chi connectivity index (χ0v) is 17.5. The summed E-state index contributed by atoms with van der Waals surface area (Å²) >= 11 is 12.0. The van der Waals surface area contributed by atoms with Gasteiger partial charge >= 0.3 is 0 Å². The van der Waals surface area contributed by atoms with Gasteiger partial charge in [-0.25, -0.2) is 4.39 Å². The van der Waals surface area contributed by atoms with Gasteiger partial charge in [0.1, 0.15) is 10.7 Å². The molecule has 1 spiro atoms. The Bertz CT molecular complexity index is 940. The number of piperidine rings is 1. The van der Waals surface area contributed by atoms with E-state index in [9.17, 15) is 9.18 Å². The minimum absolute atomic E-state index is 0.113. The van der Waals surface area contributed by atoms with Gasteiger partial charge in [-0.2, -0.15) is 0 Å². The van der Waals surface area contributed by atoms with E-state index in [2.05, 4.69) is 11.9 Å². The number of carbonyl (C=O) groups excluding carboxylic acids is 1. The fraction of sp³-hybridized carbons (Fsp3) is 0.348. The number of benzene rings is 2. The molecule has 3 nitrogen and oxygen atoms in total. The summed E-state index contributed by atoms with van der Waals surface area (Å²) in [5.74, 6) is -0.404. The number of anilines is 1. The molecule has 0 saturated carbocycles. The van der Waals surface area contributed by atoms with Gasteiger partial charge in [0, 0.05) is 16.7 Å². The molecule has 152 valence electrons. The SMILES string of the molecule is C=CC[C@H]1N(C(=O)c2cccc(C(Cl)Cl)c2)c2ccc(F)cc2C12CCNCC2. The lowest BCUT2D eigenvalue weighted by molar-refractivity contribution is 0.0964. The summed E-state index contributed by atoms with van der Waals surface area (Å²) in [6, 6.07) is 11.7. The molecule has 0 aliphatic carbocycles. The first-order valence-corrected chi connectivity index (χ1v) is 10.7. The fourth-order valence-electron chi connectivity index (χ4n) is 4.87. The van der Waals surface area contributed by atoms with E-state index in [0.717, 1.165) is 37.2 Å². The van der Waals surface area contributed by atoms with Crippen molar-refractivity contribution in [2.75, 3.05) is 18.0 Å². The van der Waals surface area contributed by atoms with Crippen molar-refractivity contribution in [2.45, 2.75) is 35.6 Å². The van der Waals surface area contributed by atoms with E-state index >= 15 is 0 Å². The lowest BCUT2D eigenvalue weighted by Gasteiger charge is -2.41. The van der Waals surface area contributed by atoms with Crippen LogP contribution in [0.15, 0.2) is 55.1 Å². The van der Waals surface area contributed by atoms with Crippen LogP contribution in [0.25, 0.3) is 0 Å². The average Bonchev–Trinajstić information content (AvgIpc) is 2.97. The maximum Gasteiger partial charge on any atom is 0.258 e.